The summed E-state index contributed by atoms with van der Waals surface area (Å²) in [5.41, 5.74) is 1.12. The number of hydrogen-bond acceptors (Lipinski definition) is 5. The molecular weight excluding hydrogens is 240 g/mol. The van der Waals surface area contributed by atoms with Crippen LogP contribution in [0, 0.1) is 0 Å². The Balaban J connectivity index is 2.47. The van der Waals surface area contributed by atoms with Crippen molar-refractivity contribution in [2.45, 2.75) is 33.7 Å². The van der Waals surface area contributed by atoms with E-state index in [0.717, 1.165) is 50.7 Å². The Labute approximate surface area is 116 Å². The molecule has 0 saturated heterocycles. The molecule has 0 aromatic carbocycles. The van der Waals surface area contributed by atoms with E-state index in [1.54, 1.807) is 0 Å². The topological polar surface area (TPSA) is 50.3 Å². The second-order valence-electron chi connectivity index (χ2n) is 4.34. The molecule has 0 spiro atoms. The molecule has 1 N–H and O–H groups in total. The van der Waals surface area contributed by atoms with E-state index in [1.165, 1.54) is 0 Å². The average molecular weight is 266 g/mol. The van der Waals surface area contributed by atoms with E-state index < -0.39 is 0 Å². The first kappa shape index (κ1) is 15.9. The molecule has 19 heavy (non-hydrogen) atoms. The molecule has 0 aliphatic heterocycles. The van der Waals surface area contributed by atoms with Crippen LogP contribution in [0.2, 0.25) is 0 Å². The summed E-state index contributed by atoms with van der Waals surface area (Å²) in [6.07, 6.45) is 4.93. The molecule has 0 radical (unpaired) electrons. The maximum atomic E-state index is 5.37. The van der Waals surface area contributed by atoms with Crippen molar-refractivity contribution < 1.29 is 4.74 Å². The largest absolute Gasteiger partial charge is 0.380 e. The predicted molar refractivity (Wildman–Crippen MR) is 78.4 cm³/mol. The lowest BCUT2D eigenvalue weighted by atomic mass is 10.3. The van der Waals surface area contributed by atoms with Gasteiger partial charge in [-0.25, -0.2) is 9.97 Å². The van der Waals surface area contributed by atoms with Crippen LogP contribution in [0.25, 0.3) is 0 Å². The van der Waals surface area contributed by atoms with E-state index >= 15 is 0 Å². The summed E-state index contributed by atoms with van der Waals surface area (Å²) in [5.74, 6) is 0.779. The van der Waals surface area contributed by atoms with Crippen molar-refractivity contribution in [2.24, 2.45) is 0 Å². The molecule has 0 aliphatic rings. The van der Waals surface area contributed by atoms with Gasteiger partial charge in [-0.2, -0.15) is 0 Å². The zero-order valence-corrected chi connectivity index (χ0v) is 12.4. The number of likely N-dealkylation sites (N-methyl/N-ethyl adjacent to an activating group) is 1. The molecule has 0 aliphatic carbocycles. The van der Waals surface area contributed by atoms with Crippen LogP contribution in [0.1, 0.15) is 32.8 Å². The van der Waals surface area contributed by atoms with E-state index in [9.17, 15) is 0 Å². The molecular formula is C14H26N4O. The number of anilines is 1. The minimum Gasteiger partial charge on any atom is -0.380 e. The Bertz CT molecular complexity index is 329. The molecule has 1 rings (SSSR count). The number of nitrogens with zero attached hydrogens (tertiary/aromatic N) is 3. The molecule has 1 aromatic heterocycles. The van der Waals surface area contributed by atoms with Crippen molar-refractivity contribution in [1.29, 1.82) is 0 Å². The SMILES string of the molecule is CCCNCc1cnc(N(CC)CCOCC)nc1. The summed E-state index contributed by atoms with van der Waals surface area (Å²) >= 11 is 0. The lowest BCUT2D eigenvalue weighted by molar-refractivity contribution is 0.153. The molecule has 0 fully saturated rings. The van der Waals surface area contributed by atoms with Gasteiger partial charge in [0, 0.05) is 44.2 Å². The number of rotatable bonds is 10. The van der Waals surface area contributed by atoms with Gasteiger partial charge in [-0.05, 0) is 26.8 Å². The van der Waals surface area contributed by atoms with Gasteiger partial charge in [0.25, 0.3) is 0 Å². The van der Waals surface area contributed by atoms with Crippen molar-refractivity contribution >= 4 is 5.95 Å². The van der Waals surface area contributed by atoms with Crippen molar-refractivity contribution in [3.63, 3.8) is 0 Å². The summed E-state index contributed by atoms with van der Waals surface area (Å²) in [6, 6.07) is 0. The molecule has 5 nitrogen and oxygen atoms in total. The normalized spacial score (nSPS) is 10.7. The van der Waals surface area contributed by atoms with Gasteiger partial charge in [-0.3, -0.25) is 0 Å². The maximum absolute atomic E-state index is 5.37. The van der Waals surface area contributed by atoms with Crippen LogP contribution >= 0.6 is 0 Å². The zero-order valence-electron chi connectivity index (χ0n) is 12.4. The highest BCUT2D eigenvalue weighted by Gasteiger charge is 2.06. The number of ether oxygens (including phenoxy) is 1. The van der Waals surface area contributed by atoms with Crippen LogP contribution in [-0.2, 0) is 11.3 Å². The first-order valence-corrected chi connectivity index (χ1v) is 7.16. The van der Waals surface area contributed by atoms with Crippen LogP contribution in [0.4, 0.5) is 5.95 Å². The van der Waals surface area contributed by atoms with Crippen molar-refractivity contribution in [3.05, 3.63) is 18.0 Å². The smallest absolute Gasteiger partial charge is 0.225 e. The summed E-state index contributed by atoms with van der Waals surface area (Å²) in [7, 11) is 0. The van der Waals surface area contributed by atoms with Crippen molar-refractivity contribution in [1.82, 2.24) is 15.3 Å². The second kappa shape index (κ2) is 9.69. The van der Waals surface area contributed by atoms with E-state index in [4.69, 9.17) is 4.74 Å². The van der Waals surface area contributed by atoms with Gasteiger partial charge in [0.1, 0.15) is 0 Å². The molecule has 0 atom stereocenters. The van der Waals surface area contributed by atoms with Gasteiger partial charge in [-0.1, -0.05) is 6.92 Å². The lowest BCUT2D eigenvalue weighted by Crippen LogP contribution is -2.29. The number of hydrogen-bond donors (Lipinski definition) is 1. The monoisotopic (exact) mass is 266 g/mol. The first-order valence-electron chi connectivity index (χ1n) is 7.16. The highest BCUT2D eigenvalue weighted by molar-refractivity contribution is 5.29. The molecule has 1 heterocycles. The fourth-order valence-corrected chi connectivity index (χ4v) is 1.73. The molecule has 108 valence electrons. The summed E-state index contributed by atoms with van der Waals surface area (Å²) < 4.78 is 5.37. The van der Waals surface area contributed by atoms with Crippen molar-refractivity contribution in [3.8, 4) is 0 Å². The third-order valence-corrected chi connectivity index (χ3v) is 2.82. The van der Waals surface area contributed by atoms with Crippen LogP contribution < -0.4 is 10.2 Å². The molecule has 0 bridgehead atoms. The zero-order chi connectivity index (χ0) is 13.9. The Morgan fingerprint density at radius 2 is 1.95 bits per heavy atom. The minimum atomic E-state index is 0.716. The highest BCUT2D eigenvalue weighted by atomic mass is 16.5. The Hall–Kier alpha value is -1.20. The average Bonchev–Trinajstić information content (AvgIpc) is 2.45. The summed E-state index contributed by atoms with van der Waals surface area (Å²) in [6.45, 7) is 11.3. The summed E-state index contributed by atoms with van der Waals surface area (Å²) in [4.78, 5) is 11.0. The van der Waals surface area contributed by atoms with Crippen LogP contribution in [0.3, 0.4) is 0 Å². The quantitative estimate of drug-likeness (QED) is 0.655. The highest BCUT2D eigenvalue weighted by Crippen LogP contribution is 2.06. The summed E-state index contributed by atoms with van der Waals surface area (Å²) in [5, 5.41) is 3.34. The van der Waals surface area contributed by atoms with Crippen LogP contribution in [0.15, 0.2) is 12.4 Å². The van der Waals surface area contributed by atoms with Crippen LogP contribution in [-0.4, -0.2) is 42.8 Å². The lowest BCUT2D eigenvalue weighted by Gasteiger charge is -2.20. The minimum absolute atomic E-state index is 0.716. The first-order chi connectivity index (χ1) is 9.31. The maximum Gasteiger partial charge on any atom is 0.225 e. The molecule has 0 unspecified atom stereocenters. The third-order valence-electron chi connectivity index (χ3n) is 2.82. The van der Waals surface area contributed by atoms with Crippen LogP contribution in [0.5, 0.6) is 0 Å². The van der Waals surface area contributed by atoms with E-state index in [2.05, 4.69) is 34.0 Å². The number of aromatic nitrogens is 2. The van der Waals surface area contributed by atoms with Gasteiger partial charge in [0.15, 0.2) is 0 Å². The van der Waals surface area contributed by atoms with Gasteiger partial charge >= 0.3 is 0 Å². The Morgan fingerprint density at radius 3 is 2.53 bits per heavy atom. The van der Waals surface area contributed by atoms with Crippen molar-refractivity contribution in [2.75, 3.05) is 37.7 Å². The van der Waals surface area contributed by atoms with E-state index in [0.29, 0.717) is 6.61 Å². The Morgan fingerprint density at radius 1 is 1.21 bits per heavy atom. The van der Waals surface area contributed by atoms with E-state index in [-0.39, 0.29) is 0 Å². The van der Waals surface area contributed by atoms with E-state index in [1.807, 2.05) is 19.3 Å². The fourth-order valence-electron chi connectivity index (χ4n) is 1.73. The predicted octanol–water partition coefficient (Wildman–Crippen LogP) is 1.84. The molecule has 5 heteroatoms. The van der Waals surface area contributed by atoms with Gasteiger partial charge in [-0.15, -0.1) is 0 Å². The van der Waals surface area contributed by atoms with Gasteiger partial charge in [0.05, 0.1) is 6.61 Å². The van der Waals surface area contributed by atoms with Gasteiger partial charge < -0.3 is 15.0 Å². The standard InChI is InChI=1S/C14H26N4O/c1-4-7-15-10-13-11-16-14(17-12-13)18(5-2)8-9-19-6-3/h11-12,15H,4-10H2,1-3H3. The molecule has 0 amide bonds. The number of nitrogens with one attached hydrogen (secondary N) is 1. The molecule has 0 saturated carbocycles. The second-order valence-corrected chi connectivity index (χ2v) is 4.34. The third kappa shape index (κ3) is 5.98. The molecule has 1 aromatic rings. The van der Waals surface area contributed by atoms with Gasteiger partial charge in [0.2, 0.25) is 5.95 Å². The Kier molecular flexibility index (Phi) is 8.09. The fraction of sp³-hybridized carbons (Fsp3) is 0.714.